The maximum atomic E-state index is 12.8. The Morgan fingerprint density at radius 3 is 2.30 bits per heavy atom. The maximum absolute atomic E-state index is 12.8. The number of hydrogen-bond donors (Lipinski definition) is 1. The summed E-state index contributed by atoms with van der Waals surface area (Å²) in [7, 11) is -3.51. The van der Waals surface area contributed by atoms with Crippen molar-refractivity contribution < 1.29 is 13.2 Å². The van der Waals surface area contributed by atoms with Crippen LogP contribution >= 0.6 is 0 Å². The molecule has 1 saturated heterocycles. The van der Waals surface area contributed by atoms with Gasteiger partial charge in [-0.05, 0) is 80.1 Å². The van der Waals surface area contributed by atoms with Gasteiger partial charge in [0.25, 0.3) is 5.91 Å². The Balaban J connectivity index is 1.75. The third kappa shape index (κ3) is 4.57. The molecule has 6 heteroatoms. The highest BCUT2D eigenvalue weighted by Gasteiger charge is 2.28. The van der Waals surface area contributed by atoms with Crippen LogP contribution in [0.15, 0.2) is 47.4 Å². The lowest BCUT2D eigenvalue weighted by Crippen LogP contribution is -2.39. The lowest BCUT2D eigenvalue weighted by Gasteiger charge is -2.30. The van der Waals surface area contributed by atoms with E-state index in [2.05, 4.69) is 12.2 Å². The van der Waals surface area contributed by atoms with Crippen molar-refractivity contribution in [2.24, 2.45) is 5.92 Å². The van der Waals surface area contributed by atoms with Crippen molar-refractivity contribution in [1.29, 1.82) is 0 Å². The number of carbonyl (C=O) groups excluding carboxylic acids is 1. The van der Waals surface area contributed by atoms with Crippen LogP contribution in [0.4, 0.5) is 5.69 Å². The van der Waals surface area contributed by atoms with Gasteiger partial charge in [0.05, 0.1) is 4.90 Å². The Morgan fingerprint density at radius 2 is 1.70 bits per heavy atom. The predicted molar refractivity (Wildman–Crippen MR) is 107 cm³/mol. The van der Waals surface area contributed by atoms with Crippen molar-refractivity contribution in [2.75, 3.05) is 18.4 Å². The molecule has 0 radical (unpaired) electrons. The SMILES string of the molecule is Cc1cc(C)cc(NC(=O)c2ccc(S(=O)(=O)N3CCC[C@H](C)C3)cc2)c1. The van der Waals surface area contributed by atoms with Crippen molar-refractivity contribution >= 4 is 21.6 Å². The summed E-state index contributed by atoms with van der Waals surface area (Å²) in [6, 6.07) is 12.0. The first-order chi connectivity index (χ1) is 12.8. The molecule has 5 nitrogen and oxygen atoms in total. The van der Waals surface area contributed by atoms with E-state index in [4.69, 9.17) is 0 Å². The number of nitrogens with zero attached hydrogens (tertiary/aromatic N) is 1. The molecule has 0 spiro atoms. The molecule has 1 atom stereocenters. The number of rotatable bonds is 4. The van der Waals surface area contributed by atoms with E-state index in [1.807, 2.05) is 32.0 Å². The minimum atomic E-state index is -3.51. The molecular formula is C21H26N2O3S. The van der Waals surface area contributed by atoms with Gasteiger partial charge in [0.15, 0.2) is 0 Å². The predicted octanol–water partition coefficient (Wildman–Crippen LogP) is 3.98. The molecule has 1 fully saturated rings. The van der Waals surface area contributed by atoms with E-state index in [1.165, 1.54) is 12.1 Å². The van der Waals surface area contributed by atoms with Crippen LogP contribution in [0, 0.1) is 19.8 Å². The fourth-order valence-corrected chi connectivity index (χ4v) is 5.14. The summed E-state index contributed by atoms with van der Waals surface area (Å²) >= 11 is 0. The first-order valence-electron chi connectivity index (χ1n) is 9.25. The van der Waals surface area contributed by atoms with E-state index in [9.17, 15) is 13.2 Å². The molecule has 0 aliphatic carbocycles. The summed E-state index contributed by atoms with van der Waals surface area (Å²) < 4.78 is 27.2. The molecule has 1 aliphatic rings. The van der Waals surface area contributed by atoms with Crippen LogP contribution in [-0.2, 0) is 10.0 Å². The first kappa shape index (κ1) is 19.6. The van der Waals surface area contributed by atoms with Crippen molar-refractivity contribution in [2.45, 2.75) is 38.5 Å². The molecule has 0 unspecified atom stereocenters. The minimum absolute atomic E-state index is 0.236. The molecule has 0 bridgehead atoms. The quantitative estimate of drug-likeness (QED) is 0.864. The van der Waals surface area contributed by atoms with E-state index < -0.39 is 10.0 Å². The van der Waals surface area contributed by atoms with Crippen LogP contribution in [0.3, 0.4) is 0 Å². The summed E-state index contributed by atoms with van der Waals surface area (Å²) in [5.41, 5.74) is 3.31. The lowest BCUT2D eigenvalue weighted by molar-refractivity contribution is 0.102. The van der Waals surface area contributed by atoms with Crippen molar-refractivity contribution in [1.82, 2.24) is 4.31 Å². The Labute approximate surface area is 161 Å². The molecule has 0 aromatic heterocycles. The second-order valence-corrected chi connectivity index (χ2v) is 9.40. The number of piperidine rings is 1. The zero-order chi connectivity index (χ0) is 19.6. The molecule has 2 aromatic carbocycles. The standard InChI is InChI=1S/C21H26N2O3S/c1-15-5-4-10-23(14-15)27(25,26)20-8-6-18(7-9-20)21(24)22-19-12-16(2)11-17(3)13-19/h6-9,11-13,15H,4-5,10,14H2,1-3H3,(H,22,24)/t15-/m0/s1. The highest BCUT2D eigenvalue weighted by Crippen LogP contribution is 2.24. The second-order valence-electron chi connectivity index (χ2n) is 7.47. The summed E-state index contributed by atoms with van der Waals surface area (Å²) in [4.78, 5) is 12.7. The number of sulfonamides is 1. The number of amides is 1. The van der Waals surface area contributed by atoms with Crippen molar-refractivity contribution in [3.63, 3.8) is 0 Å². The number of anilines is 1. The maximum Gasteiger partial charge on any atom is 0.255 e. The average molecular weight is 387 g/mol. The zero-order valence-electron chi connectivity index (χ0n) is 16.0. The van der Waals surface area contributed by atoms with Gasteiger partial charge in [-0.3, -0.25) is 4.79 Å². The molecule has 1 N–H and O–H groups in total. The topological polar surface area (TPSA) is 66.5 Å². The van der Waals surface area contributed by atoms with E-state index in [0.29, 0.717) is 24.6 Å². The Morgan fingerprint density at radius 1 is 1.07 bits per heavy atom. The van der Waals surface area contributed by atoms with Crippen molar-refractivity contribution in [3.05, 3.63) is 59.2 Å². The van der Waals surface area contributed by atoms with Gasteiger partial charge in [0.2, 0.25) is 10.0 Å². The summed E-state index contributed by atoms with van der Waals surface area (Å²) in [5.74, 6) is 0.118. The lowest BCUT2D eigenvalue weighted by atomic mass is 10.0. The van der Waals surface area contributed by atoms with Gasteiger partial charge < -0.3 is 5.32 Å². The summed E-state index contributed by atoms with van der Waals surface area (Å²) in [6.07, 6.45) is 1.94. The molecular weight excluding hydrogens is 360 g/mol. The largest absolute Gasteiger partial charge is 0.322 e. The van der Waals surface area contributed by atoms with E-state index in [1.54, 1.807) is 16.4 Å². The minimum Gasteiger partial charge on any atom is -0.322 e. The highest BCUT2D eigenvalue weighted by atomic mass is 32.2. The van der Waals surface area contributed by atoms with Gasteiger partial charge in [0.1, 0.15) is 0 Å². The van der Waals surface area contributed by atoms with Crippen LogP contribution in [0.2, 0.25) is 0 Å². The van der Waals surface area contributed by atoms with E-state index in [-0.39, 0.29) is 10.8 Å². The number of benzene rings is 2. The summed E-state index contributed by atoms with van der Waals surface area (Å²) in [6.45, 7) is 7.13. The molecule has 3 rings (SSSR count). The van der Waals surface area contributed by atoms with Crippen LogP contribution in [-0.4, -0.2) is 31.7 Å². The van der Waals surface area contributed by atoms with Crippen LogP contribution < -0.4 is 5.32 Å². The highest BCUT2D eigenvalue weighted by molar-refractivity contribution is 7.89. The van der Waals surface area contributed by atoms with Gasteiger partial charge in [0, 0.05) is 24.3 Å². The van der Waals surface area contributed by atoms with Crippen LogP contribution in [0.5, 0.6) is 0 Å². The smallest absolute Gasteiger partial charge is 0.255 e. The molecule has 144 valence electrons. The van der Waals surface area contributed by atoms with Gasteiger partial charge in [-0.15, -0.1) is 0 Å². The number of carbonyl (C=O) groups is 1. The van der Waals surface area contributed by atoms with Gasteiger partial charge in [-0.1, -0.05) is 13.0 Å². The zero-order valence-corrected chi connectivity index (χ0v) is 16.8. The fourth-order valence-electron chi connectivity index (χ4n) is 3.54. The summed E-state index contributed by atoms with van der Waals surface area (Å²) in [5, 5.41) is 2.87. The Hall–Kier alpha value is -2.18. The normalized spacial score (nSPS) is 18.3. The fraction of sp³-hybridized carbons (Fsp3) is 0.381. The van der Waals surface area contributed by atoms with Gasteiger partial charge in [-0.25, -0.2) is 8.42 Å². The van der Waals surface area contributed by atoms with Crippen molar-refractivity contribution in [3.8, 4) is 0 Å². The first-order valence-corrected chi connectivity index (χ1v) is 10.7. The van der Waals surface area contributed by atoms with Gasteiger partial charge in [-0.2, -0.15) is 4.31 Å². The van der Waals surface area contributed by atoms with Crippen LogP contribution in [0.1, 0.15) is 41.3 Å². The molecule has 1 amide bonds. The molecule has 1 heterocycles. The molecule has 1 aliphatic heterocycles. The van der Waals surface area contributed by atoms with Crippen LogP contribution in [0.25, 0.3) is 0 Å². The molecule has 27 heavy (non-hydrogen) atoms. The molecule has 2 aromatic rings. The third-order valence-corrected chi connectivity index (χ3v) is 6.73. The monoisotopic (exact) mass is 386 g/mol. The number of aryl methyl sites for hydroxylation is 2. The van der Waals surface area contributed by atoms with E-state index in [0.717, 1.165) is 29.7 Å². The second kappa shape index (κ2) is 7.82. The van der Waals surface area contributed by atoms with Gasteiger partial charge >= 0.3 is 0 Å². The van der Waals surface area contributed by atoms with E-state index >= 15 is 0 Å². The number of hydrogen-bond acceptors (Lipinski definition) is 3. The number of nitrogens with one attached hydrogen (secondary N) is 1. The Bertz CT molecular complexity index is 916. The molecule has 0 saturated carbocycles. The average Bonchev–Trinajstić information content (AvgIpc) is 2.61. The Kier molecular flexibility index (Phi) is 5.67. The third-order valence-electron chi connectivity index (χ3n) is 4.85.